The first-order valence-electron chi connectivity index (χ1n) is 5.22. The Morgan fingerprint density at radius 2 is 2.31 bits per heavy atom. The quantitative estimate of drug-likeness (QED) is 0.888. The summed E-state index contributed by atoms with van der Waals surface area (Å²) in [5.74, 6) is 0.890. The van der Waals surface area contributed by atoms with Crippen LogP contribution in [0.25, 0.3) is 0 Å². The van der Waals surface area contributed by atoms with Crippen molar-refractivity contribution < 1.29 is 4.52 Å². The van der Waals surface area contributed by atoms with Crippen molar-refractivity contribution in [3.05, 3.63) is 33.6 Å². The van der Waals surface area contributed by atoms with E-state index in [1.54, 1.807) is 11.3 Å². The molecule has 0 bridgehead atoms. The fourth-order valence-corrected chi connectivity index (χ4v) is 2.20. The lowest BCUT2D eigenvalue weighted by Gasteiger charge is -2.10. The van der Waals surface area contributed by atoms with Crippen LogP contribution in [0.15, 0.2) is 16.2 Å². The van der Waals surface area contributed by atoms with Crippen molar-refractivity contribution >= 4 is 11.3 Å². The Bertz CT molecular complexity index is 430. The second kappa shape index (κ2) is 4.76. The number of hydrogen-bond acceptors (Lipinski definition) is 5. The molecular weight excluding hydrogens is 222 g/mol. The fourth-order valence-electron chi connectivity index (χ4n) is 1.55. The molecule has 0 radical (unpaired) electrons. The van der Waals surface area contributed by atoms with Crippen LogP contribution in [-0.2, 0) is 6.54 Å². The van der Waals surface area contributed by atoms with Crippen LogP contribution in [0.4, 0.5) is 0 Å². The van der Waals surface area contributed by atoms with Crippen molar-refractivity contribution in [2.45, 2.75) is 33.4 Å². The van der Waals surface area contributed by atoms with E-state index in [0.29, 0.717) is 6.04 Å². The minimum absolute atomic E-state index is 0.307. The summed E-state index contributed by atoms with van der Waals surface area (Å²) in [5, 5.41) is 7.37. The van der Waals surface area contributed by atoms with Gasteiger partial charge in [-0.2, -0.15) is 0 Å². The first-order valence-corrected chi connectivity index (χ1v) is 6.10. The molecule has 2 rings (SSSR count). The molecule has 0 aliphatic carbocycles. The molecule has 2 aromatic heterocycles. The molecule has 4 nitrogen and oxygen atoms in total. The van der Waals surface area contributed by atoms with E-state index in [0.717, 1.165) is 23.6 Å². The Morgan fingerprint density at radius 1 is 1.50 bits per heavy atom. The molecule has 0 saturated heterocycles. The molecule has 16 heavy (non-hydrogen) atoms. The summed E-state index contributed by atoms with van der Waals surface area (Å²) >= 11 is 1.66. The lowest BCUT2D eigenvalue weighted by Crippen LogP contribution is -2.17. The molecule has 0 aliphatic heterocycles. The SMILES string of the molecule is Cc1noc(C)c1CNC(C)c1cncs1. The van der Waals surface area contributed by atoms with Crippen molar-refractivity contribution in [2.75, 3.05) is 0 Å². The zero-order chi connectivity index (χ0) is 11.5. The monoisotopic (exact) mass is 237 g/mol. The van der Waals surface area contributed by atoms with Crippen LogP contribution in [-0.4, -0.2) is 10.1 Å². The predicted octanol–water partition coefficient (Wildman–Crippen LogP) is 2.60. The van der Waals surface area contributed by atoms with Gasteiger partial charge in [-0.15, -0.1) is 11.3 Å². The summed E-state index contributed by atoms with van der Waals surface area (Å²) in [6.45, 7) is 6.81. The van der Waals surface area contributed by atoms with E-state index < -0.39 is 0 Å². The van der Waals surface area contributed by atoms with Gasteiger partial charge in [0.05, 0.1) is 11.2 Å². The zero-order valence-corrected chi connectivity index (χ0v) is 10.5. The fraction of sp³-hybridized carbons (Fsp3) is 0.455. The van der Waals surface area contributed by atoms with E-state index in [9.17, 15) is 0 Å². The molecular formula is C11H15N3OS. The van der Waals surface area contributed by atoms with Gasteiger partial charge in [0.2, 0.25) is 0 Å². The highest BCUT2D eigenvalue weighted by Crippen LogP contribution is 2.18. The maximum atomic E-state index is 5.12. The second-order valence-electron chi connectivity index (χ2n) is 3.81. The standard InChI is InChI=1S/C11H15N3OS/c1-7-10(9(3)15-14-7)4-13-8(2)11-5-12-6-16-11/h5-6,8,13H,4H2,1-3H3. The van der Waals surface area contributed by atoms with Gasteiger partial charge in [0, 0.05) is 29.2 Å². The van der Waals surface area contributed by atoms with Crippen molar-refractivity contribution in [2.24, 2.45) is 0 Å². The molecule has 0 fully saturated rings. The Balaban J connectivity index is 1.98. The lowest BCUT2D eigenvalue weighted by molar-refractivity contribution is 0.391. The summed E-state index contributed by atoms with van der Waals surface area (Å²) in [7, 11) is 0. The minimum Gasteiger partial charge on any atom is -0.361 e. The van der Waals surface area contributed by atoms with E-state index >= 15 is 0 Å². The molecule has 1 atom stereocenters. The van der Waals surface area contributed by atoms with Crippen molar-refractivity contribution in [1.82, 2.24) is 15.5 Å². The topological polar surface area (TPSA) is 51.0 Å². The molecule has 2 aromatic rings. The van der Waals surface area contributed by atoms with E-state index in [2.05, 4.69) is 22.4 Å². The highest BCUT2D eigenvalue weighted by Gasteiger charge is 2.11. The van der Waals surface area contributed by atoms with Gasteiger partial charge in [-0.05, 0) is 20.8 Å². The van der Waals surface area contributed by atoms with Gasteiger partial charge in [-0.3, -0.25) is 4.98 Å². The normalized spacial score (nSPS) is 12.9. The van der Waals surface area contributed by atoms with E-state index in [-0.39, 0.29) is 0 Å². The Labute approximate surface area is 98.7 Å². The summed E-state index contributed by atoms with van der Waals surface area (Å²) in [5.41, 5.74) is 3.96. The number of nitrogens with zero attached hydrogens (tertiary/aromatic N) is 2. The van der Waals surface area contributed by atoms with Crippen LogP contribution in [0, 0.1) is 13.8 Å². The van der Waals surface area contributed by atoms with E-state index in [1.807, 2.05) is 25.6 Å². The van der Waals surface area contributed by atoms with Gasteiger partial charge < -0.3 is 9.84 Å². The number of rotatable bonds is 4. The molecule has 0 aliphatic rings. The largest absolute Gasteiger partial charge is 0.361 e. The van der Waals surface area contributed by atoms with Crippen molar-refractivity contribution in [3.63, 3.8) is 0 Å². The van der Waals surface area contributed by atoms with Crippen LogP contribution >= 0.6 is 11.3 Å². The molecule has 0 saturated carbocycles. The number of aromatic nitrogens is 2. The Morgan fingerprint density at radius 3 is 2.88 bits per heavy atom. The first kappa shape index (κ1) is 11.3. The molecule has 1 unspecified atom stereocenters. The predicted molar refractivity (Wildman–Crippen MR) is 63.3 cm³/mol. The number of nitrogens with one attached hydrogen (secondary N) is 1. The maximum Gasteiger partial charge on any atom is 0.138 e. The van der Waals surface area contributed by atoms with Crippen molar-refractivity contribution in [1.29, 1.82) is 0 Å². The molecule has 5 heteroatoms. The highest BCUT2D eigenvalue weighted by molar-refractivity contribution is 7.09. The van der Waals surface area contributed by atoms with Gasteiger partial charge in [-0.25, -0.2) is 0 Å². The average Bonchev–Trinajstić information content (AvgIpc) is 2.87. The van der Waals surface area contributed by atoms with Gasteiger partial charge in [0.25, 0.3) is 0 Å². The minimum atomic E-state index is 0.307. The number of hydrogen-bond donors (Lipinski definition) is 1. The third-order valence-electron chi connectivity index (χ3n) is 2.64. The van der Waals surface area contributed by atoms with Gasteiger partial charge in [0.1, 0.15) is 5.76 Å². The summed E-state index contributed by atoms with van der Waals surface area (Å²) in [6, 6.07) is 0.307. The summed E-state index contributed by atoms with van der Waals surface area (Å²) < 4.78 is 5.12. The van der Waals surface area contributed by atoms with Gasteiger partial charge >= 0.3 is 0 Å². The Hall–Kier alpha value is -1.20. The van der Waals surface area contributed by atoms with Gasteiger partial charge in [0.15, 0.2) is 0 Å². The van der Waals surface area contributed by atoms with Crippen molar-refractivity contribution in [3.8, 4) is 0 Å². The number of thiazole rings is 1. The third-order valence-corrected chi connectivity index (χ3v) is 3.60. The van der Waals surface area contributed by atoms with Gasteiger partial charge in [-0.1, -0.05) is 5.16 Å². The first-order chi connectivity index (χ1) is 7.68. The summed E-state index contributed by atoms with van der Waals surface area (Å²) in [6.07, 6.45) is 1.90. The smallest absolute Gasteiger partial charge is 0.138 e. The molecule has 0 aromatic carbocycles. The third kappa shape index (κ3) is 2.31. The maximum absolute atomic E-state index is 5.12. The second-order valence-corrected chi connectivity index (χ2v) is 4.73. The van der Waals surface area contributed by atoms with E-state index in [1.165, 1.54) is 4.88 Å². The van der Waals surface area contributed by atoms with Crippen LogP contribution in [0.1, 0.15) is 34.9 Å². The van der Waals surface area contributed by atoms with E-state index in [4.69, 9.17) is 4.52 Å². The molecule has 0 spiro atoms. The Kier molecular flexibility index (Phi) is 3.36. The van der Waals surface area contributed by atoms with Crippen LogP contribution < -0.4 is 5.32 Å². The highest BCUT2D eigenvalue weighted by atomic mass is 32.1. The molecule has 0 amide bonds. The molecule has 2 heterocycles. The van der Waals surface area contributed by atoms with Crippen LogP contribution in [0.2, 0.25) is 0 Å². The van der Waals surface area contributed by atoms with Crippen LogP contribution in [0.5, 0.6) is 0 Å². The van der Waals surface area contributed by atoms with Crippen LogP contribution in [0.3, 0.4) is 0 Å². The molecule has 86 valence electrons. The lowest BCUT2D eigenvalue weighted by atomic mass is 10.2. The average molecular weight is 237 g/mol. The molecule has 1 N–H and O–H groups in total. The number of aryl methyl sites for hydroxylation is 2. The summed E-state index contributed by atoms with van der Waals surface area (Å²) in [4.78, 5) is 5.31. The zero-order valence-electron chi connectivity index (χ0n) is 9.65.